The number of benzene rings is 1. The summed E-state index contributed by atoms with van der Waals surface area (Å²) >= 11 is 7.42. The number of rotatable bonds is 3. The molecule has 1 aliphatic rings. The molecule has 24 heavy (non-hydrogen) atoms. The van der Waals surface area contributed by atoms with Crippen molar-refractivity contribution in [2.45, 2.75) is 38.9 Å². The van der Waals surface area contributed by atoms with Crippen molar-refractivity contribution in [3.63, 3.8) is 0 Å². The van der Waals surface area contributed by atoms with Crippen molar-refractivity contribution >= 4 is 34.0 Å². The molecule has 1 aliphatic heterocycles. The van der Waals surface area contributed by atoms with Crippen molar-refractivity contribution < 1.29 is 14.3 Å². The smallest absolute Gasteiger partial charge is 0.261 e. The molecule has 2 aromatic rings. The zero-order valence-corrected chi connectivity index (χ0v) is 15.8. The fourth-order valence-electron chi connectivity index (χ4n) is 2.94. The van der Waals surface area contributed by atoms with Crippen molar-refractivity contribution in [1.29, 1.82) is 0 Å². The number of hydrogen-bond donors (Lipinski definition) is 1. The van der Waals surface area contributed by atoms with E-state index < -0.39 is 11.2 Å². The number of amides is 1. The highest BCUT2D eigenvalue weighted by atomic mass is 35.5. The van der Waals surface area contributed by atoms with Crippen LogP contribution in [0.5, 0.6) is 5.75 Å². The molecular formula is C17H19ClN2O3S. The molecule has 128 valence electrons. The van der Waals surface area contributed by atoms with E-state index in [1.54, 1.807) is 18.2 Å². The normalized spacial score (nSPS) is 17.4. The lowest BCUT2D eigenvalue weighted by Crippen LogP contribution is -2.23. The van der Waals surface area contributed by atoms with Crippen molar-refractivity contribution in [2.24, 2.45) is 0 Å². The number of carbonyl (C=O) groups is 1. The highest BCUT2D eigenvalue weighted by molar-refractivity contribution is 7.16. The zero-order chi connectivity index (χ0) is 17.7. The molecule has 0 aliphatic carbocycles. The summed E-state index contributed by atoms with van der Waals surface area (Å²) < 4.78 is 11.3. The van der Waals surface area contributed by atoms with Gasteiger partial charge in [0.1, 0.15) is 11.4 Å². The monoisotopic (exact) mass is 366 g/mol. The van der Waals surface area contributed by atoms with Crippen LogP contribution in [0.1, 0.15) is 48.6 Å². The first-order valence-electron chi connectivity index (χ1n) is 7.51. The minimum atomic E-state index is -0.480. The van der Waals surface area contributed by atoms with Crippen molar-refractivity contribution in [3.05, 3.63) is 39.4 Å². The Morgan fingerprint density at radius 2 is 2.00 bits per heavy atom. The summed E-state index contributed by atoms with van der Waals surface area (Å²) in [5.41, 5.74) is 0.334. The Kier molecular flexibility index (Phi) is 4.10. The van der Waals surface area contributed by atoms with E-state index in [-0.39, 0.29) is 5.91 Å². The first-order chi connectivity index (χ1) is 11.1. The van der Waals surface area contributed by atoms with Gasteiger partial charge in [0.25, 0.3) is 5.91 Å². The summed E-state index contributed by atoms with van der Waals surface area (Å²) in [6, 6.07) is 4.92. The Bertz CT molecular complexity index is 783. The lowest BCUT2D eigenvalue weighted by Gasteiger charge is -2.24. The molecule has 0 spiro atoms. The van der Waals surface area contributed by atoms with Crippen LogP contribution in [0.15, 0.2) is 18.2 Å². The second-order valence-electron chi connectivity index (χ2n) is 6.62. The van der Waals surface area contributed by atoms with Gasteiger partial charge in [-0.2, -0.15) is 0 Å². The van der Waals surface area contributed by atoms with Crippen LogP contribution in [0, 0.1) is 0 Å². The first kappa shape index (κ1) is 17.2. The summed E-state index contributed by atoms with van der Waals surface area (Å²) in [4.78, 5) is 18.2. The number of ether oxygens (including phenoxy) is 2. The molecule has 0 fully saturated rings. The molecule has 0 saturated carbocycles. The van der Waals surface area contributed by atoms with Crippen molar-refractivity contribution in [1.82, 2.24) is 4.98 Å². The van der Waals surface area contributed by atoms with Gasteiger partial charge in [-0.05, 0) is 45.9 Å². The van der Waals surface area contributed by atoms with E-state index in [1.165, 1.54) is 18.4 Å². The number of thiazole rings is 1. The summed E-state index contributed by atoms with van der Waals surface area (Å²) in [5.74, 6) is 0.156. The maximum Gasteiger partial charge on any atom is 0.261 e. The molecule has 0 saturated heterocycles. The standard InChI is InChI=1S/C17H19ClN2O3S/c1-16(2)12-13(17(3,4)23-16)24-15(19-12)20-14(21)10-8-9(18)6-7-11(10)22-5/h6-8H,1-5H3,(H,19,20,21). The number of nitrogens with zero attached hydrogens (tertiary/aromatic N) is 1. The second kappa shape index (κ2) is 5.72. The average Bonchev–Trinajstić information content (AvgIpc) is 2.97. The minimum absolute atomic E-state index is 0.307. The van der Waals surface area contributed by atoms with Crippen LogP contribution in [0.2, 0.25) is 5.02 Å². The molecule has 0 bridgehead atoms. The number of hydrogen-bond acceptors (Lipinski definition) is 5. The SMILES string of the molecule is COc1ccc(Cl)cc1C(=O)Nc1nc2c(s1)C(C)(C)OC2(C)C. The third-order valence-electron chi connectivity index (χ3n) is 3.88. The Morgan fingerprint density at radius 1 is 1.29 bits per heavy atom. The third-order valence-corrected chi connectivity index (χ3v) is 5.39. The van der Waals surface area contributed by atoms with E-state index >= 15 is 0 Å². The number of aromatic nitrogens is 1. The van der Waals surface area contributed by atoms with Gasteiger partial charge in [-0.3, -0.25) is 10.1 Å². The quantitative estimate of drug-likeness (QED) is 0.865. The summed E-state index contributed by atoms with van der Waals surface area (Å²) in [7, 11) is 1.51. The number of fused-ring (bicyclic) bond motifs is 1. The lowest BCUT2D eigenvalue weighted by atomic mass is 10.0. The molecule has 7 heteroatoms. The van der Waals surface area contributed by atoms with Crippen LogP contribution < -0.4 is 10.1 Å². The molecule has 1 aromatic carbocycles. The van der Waals surface area contributed by atoms with Gasteiger partial charge in [0.05, 0.1) is 28.8 Å². The fourth-order valence-corrected chi connectivity index (χ4v) is 4.27. The molecule has 0 unspecified atom stereocenters. The molecule has 1 aromatic heterocycles. The average molecular weight is 367 g/mol. The van der Waals surface area contributed by atoms with Gasteiger partial charge in [0.2, 0.25) is 0 Å². The lowest BCUT2D eigenvalue weighted by molar-refractivity contribution is -0.105. The Hall–Kier alpha value is -1.63. The Morgan fingerprint density at radius 3 is 2.62 bits per heavy atom. The highest BCUT2D eigenvalue weighted by Crippen LogP contribution is 2.49. The molecule has 5 nitrogen and oxygen atoms in total. The van der Waals surface area contributed by atoms with E-state index in [9.17, 15) is 4.79 Å². The Balaban J connectivity index is 1.91. The highest BCUT2D eigenvalue weighted by Gasteiger charge is 2.46. The molecular weight excluding hydrogens is 348 g/mol. The zero-order valence-electron chi connectivity index (χ0n) is 14.2. The number of halogens is 1. The van der Waals surface area contributed by atoms with E-state index in [2.05, 4.69) is 10.3 Å². The summed E-state index contributed by atoms with van der Waals surface area (Å²) in [5, 5.41) is 3.85. The number of anilines is 1. The number of carbonyl (C=O) groups excluding carboxylic acids is 1. The summed E-state index contributed by atoms with van der Waals surface area (Å²) in [6.45, 7) is 7.96. The van der Waals surface area contributed by atoms with E-state index in [0.29, 0.717) is 21.5 Å². The minimum Gasteiger partial charge on any atom is -0.496 e. The fraction of sp³-hybridized carbons (Fsp3) is 0.412. The van der Waals surface area contributed by atoms with Gasteiger partial charge in [-0.15, -0.1) is 0 Å². The van der Waals surface area contributed by atoms with Crippen LogP contribution >= 0.6 is 22.9 Å². The van der Waals surface area contributed by atoms with Crippen LogP contribution in [-0.4, -0.2) is 18.0 Å². The second-order valence-corrected chi connectivity index (χ2v) is 8.05. The predicted molar refractivity (Wildman–Crippen MR) is 95.2 cm³/mol. The maximum absolute atomic E-state index is 12.6. The molecule has 0 radical (unpaired) electrons. The van der Waals surface area contributed by atoms with Crippen LogP contribution in [0.4, 0.5) is 5.13 Å². The van der Waals surface area contributed by atoms with Crippen LogP contribution in [-0.2, 0) is 15.9 Å². The summed E-state index contributed by atoms with van der Waals surface area (Å²) in [6.07, 6.45) is 0. The third kappa shape index (κ3) is 2.90. The molecule has 3 rings (SSSR count). The van der Waals surface area contributed by atoms with Gasteiger partial charge in [-0.1, -0.05) is 22.9 Å². The van der Waals surface area contributed by atoms with E-state index in [4.69, 9.17) is 21.1 Å². The van der Waals surface area contributed by atoms with E-state index in [0.717, 1.165) is 10.6 Å². The van der Waals surface area contributed by atoms with E-state index in [1.807, 2.05) is 27.7 Å². The van der Waals surface area contributed by atoms with Gasteiger partial charge in [-0.25, -0.2) is 4.98 Å². The molecule has 1 amide bonds. The van der Waals surface area contributed by atoms with Gasteiger partial charge in [0.15, 0.2) is 5.13 Å². The first-order valence-corrected chi connectivity index (χ1v) is 8.70. The molecule has 2 heterocycles. The Labute approximate surface area is 150 Å². The largest absolute Gasteiger partial charge is 0.496 e. The molecule has 1 N–H and O–H groups in total. The van der Waals surface area contributed by atoms with Crippen molar-refractivity contribution in [3.8, 4) is 5.75 Å². The predicted octanol–water partition coefficient (Wildman–Crippen LogP) is 4.56. The maximum atomic E-state index is 12.6. The van der Waals surface area contributed by atoms with Crippen LogP contribution in [0.3, 0.4) is 0 Å². The van der Waals surface area contributed by atoms with Gasteiger partial charge < -0.3 is 9.47 Å². The molecule has 0 atom stereocenters. The number of methoxy groups -OCH3 is 1. The van der Waals surface area contributed by atoms with Crippen LogP contribution in [0.25, 0.3) is 0 Å². The topological polar surface area (TPSA) is 60.5 Å². The van der Waals surface area contributed by atoms with Gasteiger partial charge in [0, 0.05) is 5.02 Å². The number of nitrogens with one attached hydrogen (secondary N) is 1. The van der Waals surface area contributed by atoms with Crippen molar-refractivity contribution in [2.75, 3.05) is 12.4 Å². The van der Waals surface area contributed by atoms with Gasteiger partial charge >= 0.3 is 0 Å².